The van der Waals surface area contributed by atoms with Crippen molar-refractivity contribution in [3.8, 4) is 11.5 Å². The number of ether oxygens (including phenoxy) is 3. The van der Waals surface area contributed by atoms with Crippen LogP contribution in [0, 0.1) is 0 Å². The van der Waals surface area contributed by atoms with E-state index in [1.807, 2.05) is 19.9 Å². The molecule has 1 aromatic carbocycles. The minimum atomic E-state index is 0.387. The first-order valence-corrected chi connectivity index (χ1v) is 11.2. The molecule has 0 aliphatic heterocycles. The lowest BCUT2D eigenvalue weighted by molar-refractivity contribution is 0.0488. The normalized spacial score (nSPS) is 10.4. The molecule has 0 atom stereocenters. The van der Waals surface area contributed by atoms with Crippen LogP contribution in [0.2, 0.25) is 10.0 Å². The van der Waals surface area contributed by atoms with E-state index in [4.69, 9.17) is 42.3 Å². The fourth-order valence-electron chi connectivity index (χ4n) is 1.99. The molecule has 0 heterocycles. The molecule has 158 valence electrons. The third-order valence-corrected chi connectivity index (χ3v) is 4.41. The maximum absolute atomic E-state index is 6.25. The third kappa shape index (κ3) is 12.2. The van der Waals surface area contributed by atoms with Crippen LogP contribution in [0.5, 0.6) is 11.5 Å². The van der Waals surface area contributed by atoms with Gasteiger partial charge >= 0.3 is 0 Å². The average molecular weight is 562 g/mol. The molecule has 28 heavy (non-hydrogen) atoms. The molecule has 0 aliphatic carbocycles. The van der Waals surface area contributed by atoms with Crippen LogP contribution in [0.4, 0.5) is 0 Å². The van der Waals surface area contributed by atoms with Gasteiger partial charge in [0, 0.05) is 18.7 Å². The molecular weight excluding hydrogens is 537 g/mol. The van der Waals surface area contributed by atoms with Gasteiger partial charge in [-0.3, -0.25) is 0 Å². The van der Waals surface area contributed by atoms with Crippen LogP contribution < -0.4 is 9.47 Å². The second-order valence-corrected chi connectivity index (χ2v) is 9.50. The number of benzene rings is 1. The Labute approximate surface area is 193 Å². The van der Waals surface area contributed by atoms with E-state index in [0.717, 1.165) is 28.4 Å². The monoisotopic (exact) mass is 559 g/mol. The Kier molecular flexibility index (Phi) is 14.0. The first-order valence-electron chi connectivity index (χ1n) is 8.87. The lowest BCUT2D eigenvalue weighted by Crippen LogP contribution is -2.04. The van der Waals surface area contributed by atoms with E-state index in [0.29, 0.717) is 54.6 Å². The van der Waals surface area contributed by atoms with Crippen LogP contribution >= 0.6 is 55.1 Å². The summed E-state index contributed by atoms with van der Waals surface area (Å²) in [5, 5.41) is 4.69. The zero-order valence-electron chi connectivity index (χ0n) is 16.0. The summed E-state index contributed by atoms with van der Waals surface area (Å²) in [4.78, 5) is 5.05. The maximum atomic E-state index is 6.25. The molecule has 0 fully saturated rings. The Morgan fingerprint density at radius 3 is 2.29 bits per heavy atom. The van der Waals surface area contributed by atoms with Crippen LogP contribution in [-0.2, 0) is 9.57 Å². The van der Waals surface area contributed by atoms with E-state index in [1.165, 1.54) is 0 Å². The summed E-state index contributed by atoms with van der Waals surface area (Å²) in [6, 6.07) is 3.39. The topological polar surface area (TPSA) is 49.3 Å². The molecule has 1 rings (SSSR count). The summed E-state index contributed by atoms with van der Waals surface area (Å²) in [5.41, 5.74) is 0.891. The second-order valence-electron chi connectivity index (χ2n) is 5.91. The highest BCUT2D eigenvalue weighted by Crippen LogP contribution is 2.37. The zero-order valence-corrected chi connectivity index (χ0v) is 20.7. The molecule has 0 unspecified atom stereocenters. The fourth-order valence-corrected chi connectivity index (χ4v) is 2.83. The average Bonchev–Trinajstić information content (AvgIpc) is 2.61. The Morgan fingerprint density at radius 1 is 0.964 bits per heavy atom. The third-order valence-electron chi connectivity index (χ3n) is 3.20. The van der Waals surface area contributed by atoms with Crippen molar-refractivity contribution < 1.29 is 19.0 Å². The van der Waals surface area contributed by atoms with Crippen molar-refractivity contribution in [3.05, 3.63) is 31.6 Å². The Hall–Kier alpha value is -0.470. The van der Waals surface area contributed by atoms with Crippen molar-refractivity contribution in [2.24, 2.45) is 5.16 Å². The molecule has 9 heteroatoms. The Morgan fingerprint density at radius 2 is 1.64 bits per heavy atom. The molecule has 0 amide bonds. The molecule has 0 aromatic heterocycles. The van der Waals surface area contributed by atoms with Crippen molar-refractivity contribution in [3.63, 3.8) is 0 Å². The number of hydrogen-bond donors (Lipinski definition) is 0. The van der Waals surface area contributed by atoms with Gasteiger partial charge < -0.3 is 19.0 Å². The molecule has 0 saturated carbocycles. The van der Waals surface area contributed by atoms with E-state index >= 15 is 0 Å². The van der Waals surface area contributed by atoms with Gasteiger partial charge in [-0.25, -0.2) is 0 Å². The fraction of sp³-hybridized carbons (Fsp3) is 0.526. The largest absolute Gasteiger partial charge is 0.490 e. The molecule has 1 aromatic rings. The van der Waals surface area contributed by atoms with Crippen LogP contribution in [-0.4, -0.2) is 38.7 Å². The molecular formula is C19H25Br2Cl2NO4. The van der Waals surface area contributed by atoms with Crippen molar-refractivity contribution in [2.75, 3.05) is 33.0 Å². The van der Waals surface area contributed by atoms with E-state index in [1.54, 1.807) is 12.1 Å². The van der Waals surface area contributed by atoms with Crippen LogP contribution in [0.1, 0.15) is 33.1 Å². The minimum Gasteiger partial charge on any atom is -0.490 e. The summed E-state index contributed by atoms with van der Waals surface area (Å²) in [5.74, 6) is 1.06. The molecule has 0 radical (unpaired) electrons. The summed E-state index contributed by atoms with van der Waals surface area (Å²) >= 11 is 19.0. The van der Waals surface area contributed by atoms with Gasteiger partial charge in [0.15, 0.2) is 5.75 Å². The Bertz CT molecular complexity index is 626. The van der Waals surface area contributed by atoms with Crippen molar-refractivity contribution in [2.45, 2.75) is 33.1 Å². The molecule has 0 spiro atoms. The quantitative estimate of drug-likeness (QED) is 0.140. The molecule has 0 N–H and O–H groups in total. The molecule has 0 aliphatic rings. The summed E-state index contributed by atoms with van der Waals surface area (Å²) in [7, 11) is 0. The lowest BCUT2D eigenvalue weighted by Gasteiger charge is -2.12. The maximum Gasteiger partial charge on any atom is 0.156 e. The standard InChI is InChI=1S/C19H25Br2Cl2NO4/c1-14(2)24-28-11-10-25-7-4-3-5-8-27-19-16(22)12-15(13-17(19)23)26-9-6-18(20)21/h6,12-13H,3-5,7-11H2,1-2H3. The molecule has 0 bridgehead atoms. The van der Waals surface area contributed by atoms with Gasteiger partial charge in [-0.2, -0.15) is 0 Å². The molecule has 5 nitrogen and oxygen atoms in total. The smallest absolute Gasteiger partial charge is 0.156 e. The van der Waals surface area contributed by atoms with Gasteiger partial charge in [0.25, 0.3) is 0 Å². The van der Waals surface area contributed by atoms with E-state index < -0.39 is 0 Å². The lowest BCUT2D eigenvalue weighted by atomic mass is 10.2. The highest BCUT2D eigenvalue weighted by atomic mass is 79.9. The van der Waals surface area contributed by atoms with Crippen molar-refractivity contribution >= 4 is 60.8 Å². The number of rotatable bonds is 14. The zero-order chi connectivity index (χ0) is 20.8. The summed E-state index contributed by atoms with van der Waals surface area (Å²) in [6.45, 7) is 6.38. The predicted octanol–water partition coefficient (Wildman–Crippen LogP) is 6.98. The summed E-state index contributed by atoms with van der Waals surface area (Å²) < 4.78 is 17.6. The highest BCUT2D eigenvalue weighted by Gasteiger charge is 2.10. The van der Waals surface area contributed by atoms with Crippen molar-refractivity contribution in [1.82, 2.24) is 0 Å². The number of unbranched alkanes of at least 4 members (excludes halogenated alkanes) is 2. The van der Waals surface area contributed by atoms with E-state index in [-0.39, 0.29) is 0 Å². The van der Waals surface area contributed by atoms with Gasteiger partial charge in [0.1, 0.15) is 19.0 Å². The van der Waals surface area contributed by atoms with E-state index in [9.17, 15) is 0 Å². The predicted molar refractivity (Wildman–Crippen MR) is 123 cm³/mol. The Balaban J connectivity index is 2.19. The number of nitrogens with zero attached hydrogens (tertiary/aromatic N) is 1. The van der Waals surface area contributed by atoms with Gasteiger partial charge in [-0.05, 0) is 71.0 Å². The number of oxime groups is 1. The van der Waals surface area contributed by atoms with Gasteiger partial charge in [0.05, 0.1) is 32.4 Å². The molecule has 0 saturated heterocycles. The second kappa shape index (κ2) is 15.4. The van der Waals surface area contributed by atoms with Gasteiger partial charge in [0.2, 0.25) is 0 Å². The minimum absolute atomic E-state index is 0.387. The SMILES string of the molecule is CC(C)=NOCCOCCCCCOc1c(Cl)cc(OCC=C(Br)Br)cc1Cl. The summed E-state index contributed by atoms with van der Waals surface area (Å²) in [6.07, 6.45) is 4.64. The van der Waals surface area contributed by atoms with E-state index in [2.05, 4.69) is 37.0 Å². The van der Waals surface area contributed by atoms with Crippen LogP contribution in [0.3, 0.4) is 0 Å². The first kappa shape index (κ1) is 25.6. The number of hydrogen-bond acceptors (Lipinski definition) is 5. The van der Waals surface area contributed by atoms with Crippen LogP contribution in [0.15, 0.2) is 26.8 Å². The van der Waals surface area contributed by atoms with Gasteiger partial charge in [-0.15, -0.1) is 0 Å². The van der Waals surface area contributed by atoms with Crippen LogP contribution in [0.25, 0.3) is 0 Å². The van der Waals surface area contributed by atoms with Crippen molar-refractivity contribution in [1.29, 1.82) is 0 Å². The highest BCUT2D eigenvalue weighted by molar-refractivity contribution is 9.28. The first-order chi connectivity index (χ1) is 13.4. The van der Waals surface area contributed by atoms with Gasteiger partial charge in [-0.1, -0.05) is 28.4 Å². The number of halogens is 4.